The molecule has 0 saturated carbocycles. The number of rotatable bonds is 9. The SMILES string of the molecule is C=CC(C)CCCNC(=C)CCc1ccc(Cl)c(F)c1. The summed E-state index contributed by atoms with van der Waals surface area (Å²) in [6.45, 7) is 10.9. The van der Waals surface area contributed by atoms with Crippen LogP contribution in [0.25, 0.3) is 0 Å². The second-order valence-corrected chi connectivity index (χ2v) is 5.54. The Kier molecular flexibility index (Phi) is 7.38. The van der Waals surface area contributed by atoms with Crippen LogP contribution in [0.4, 0.5) is 4.39 Å². The number of nitrogens with one attached hydrogen (secondary N) is 1. The predicted octanol–water partition coefficient (Wildman–Crippen LogP) is 5.12. The Morgan fingerprint density at radius 1 is 1.50 bits per heavy atom. The third-order valence-corrected chi connectivity index (χ3v) is 3.62. The molecular formula is C17H23ClFN. The first-order chi connectivity index (χ1) is 9.52. The molecule has 0 aliphatic rings. The first-order valence-electron chi connectivity index (χ1n) is 7.01. The minimum absolute atomic E-state index is 0.169. The molecule has 1 nitrogen and oxygen atoms in total. The van der Waals surface area contributed by atoms with Crippen molar-refractivity contribution in [1.82, 2.24) is 5.32 Å². The Bertz CT molecular complexity index is 456. The highest BCUT2D eigenvalue weighted by Gasteiger charge is 2.02. The lowest BCUT2D eigenvalue weighted by molar-refractivity contribution is 0.581. The van der Waals surface area contributed by atoms with Gasteiger partial charge in [-0.3, -0.25) is 0 Å². The molecule has 1 N–H and O–H groups in total. The van der Waals surface area contributed by atoms with Crippen LogP contribution >= 0.6 is 11.6 Å². The molecule has 1 unspecified atom stereocenters. The summed E-state index contributed by atoms with van der Waals surface area (Å²) < 4.78 is 13.3. The van der Waals surface area contributed by atoms with Crippen LogP contribution < -0.4 is 5.32 Å². The van der Waals surface area contributed by atoms with Crippen molar-refractivity contribution >= 4 is 11.6 Å². The molecule has 3 heteroatoms. The second kappa shape index (κ2) is 8.80. The third kappa shape index (κ3) is 6.25. The van der Waals surface area contributed by atoms with Crippen LogP contribution in [0.5, 0.6) is 0 Å². The second-order valence-electron chi connectivity index (χ2n) is 5.13. The van der Waals surface area contributed by atoms with E-state index in [9.17, 15) is 4.39 Å². The average Bonchev–Trinajstić information content (AvgIpc) is 2.44. The Balaban J connectivity index is 2.22. The quantitative estimate of drug-likeness (QED) is 0.493. The molecule has 0 amide bonds. The molecule has 1 aromatic carbocycles. The van der Waals surface area contributed by atoms with Gasteiger partial charge in [0.05, 0.1) is 5.02 Å². The Morgan fingerprint density at radius 2 is 2.25 bits per heavy atom. The lowest BCUT2D eigenvalue weighted by Gasteiger charge is -2.11. The zero-order valence-electron chi connectivity index (χ0n) is 12.1. The van der Waals surface area contributed by atoms with Crippen LogP contribution in [0.15, 0.2) is 43.1 Å². The summed E-state index contributed by atoms with van der Waals surface area (Å²) in [5.74, 6) is 0.197. The van der Waals surface area contributed by atoms with E-state index in [0.717, 1.165) is 43.5 Å². The topological polar surface area (TPSA) is 12.0 Å². The maximum absolute atomic E-state index is 13.3. The highest BCUT2D eigenvalue weighted by atomic mass is 35.5. The van der Waals surface area contributed by atoms with Crippen molar-refractivity contribution in [2.45, 2.75) is 32.6 Å². The molecule has 0 fully saturated rings. The Hall–Kier alpha value is -1.28. The number of hydrogen-bond donors (Lipinski definition) is 1. The standard InChI is InChI=1S/C17H23ClFN/c1-4-13(2)6-5-11-20-14(3)7-8-15-9-10-16(18)17(19)12-15/h4,9-10,12-13,20H,1,3,5-8,11H2,2H3. The normalized spacial score (nSPS) is 11.9. The van der Waals surface area contributed by atoms with Gasteiger partial charge in [-0.05, 0) is 49.3 Å². The molecule has 1 rings (SSSR count). The van der Waals surface area contributed by atoms with E-state index < -0.39 is 0 Å². The van der Waals surface area contributed by atoms with Crippen molar-refractivity contribution in [2.75, 3.05) is 6.54 Å². The van der Waals surface area contributed by atoms with Crippen molar-refractivity contribution < 1.29 is 4.39 Å². The molecule has 0 aromatic heterocycles. The third-order valence-electron chi connectivity index (χ3n) is 3.31. The van der Waals surface area contributed by atoms with Crippen molar-refractivity contribution in [2.24, 2.45) is 5.92 Å². The first kappa shape index (κ1) is 16.8. The maximum atomic E-state index is 13.3. The number of benzene rings is 1. The zero-order chi connectivity index (χ0) is 15.0. The largest absolute Gasteiger partial charge is 0.389 e. The van der Waals surface area contributed by atoms with Crippen LogP contribution in [0.1, 0.15) is 31.7 Å². The van der Waals surface area contributed by atoms with Gasteiger partial charge in [0, 0.05) is 12.2 Å². The van der Waals surface area contributed by atoms with Crippen molar-refractivity contribution in [3.63, 3.8) is 0 Å². The maximum Gasteiger partial charge on any atom is 0.142 e. The lowest BCUT2D eigenvalue weighted by Crippen LogP contribution is -2.15. The highest BCUT2D eigenvalue weighted by Crippen LogP contribution is 2.17. The summed E-state index contributed by atoms with van der Waals surface area (Å²) in [7, 11) is 0. The van der Waals surface area contributed by atoms with Gasteiger partial charge in [-0.2, -0.15) is 0 Å². The summed E-state index contributed by atoms with van der Waals surface area (Å²) in [4.78, 5) is 0. The number of aryl methyl sites for hydroxylation is 1. The molecule has 0 aliphatic carbocycles. The monoisotopic (exact) mass is 295 g/mol. The van der Waals surface area contributed by atoms with Gasteiger partial charge in [0.15, 0.2) is 0 Å². The number of allylic oxidation sites excluding steroid dienone is 2. The van der Waals surface area contributed by atoms with Crippen molar-refractivity contribution in [1.29, 1.82) is 0 Å². The molecule has 0 aliphatic heterocycles. The zero-order valence-corrected chi connectivity index (χ0v) is 12.8. The molecule has 0 heterocycles. The van der Waals surface area contributed by atoms with Gasteiger partial charge in [0.25, 0.3) is 0 Å². The van der Waals surface area contributed by atoms with Crippen LogP contribution in [0.3, 0.4) is 0 Å². The van der Waals surface area contributed by atoms with E-state index in [2.05, 4.69) is 25.4 Å². The van der Waals surface area contributed by atoms with Gasteiger partial charge in [-0.1, -0.05) is 37.2 Å². The molecule has 0 spiro atoms. The van der Waals surface area contributed by atoms with E-state index >= 15 is 0 Å². The van der Waals surface area contributed by atoms with Gasteiger partial charge >= 0.3 is 0 Å². The van der Waals surface area contributed by atoms with Gasteiger partial charge < -0.3 is 5.32 Å². The number of hydrogen-bond acceptors (Lipinski definition) is 1. The van der Waals surface area contributed by atoms with Gasteiger partial charge in [-0.25, -0.2) is 4.39 Å². The molecule has 1 atom stereocenters. The van der Waals surface area contributed by atoms with Gasteiger partial charge in [0.1, 0.15) is 5.82 Å². The molecule has 20 heavy (non-hydrogen) atoms. The predicted molar refractivity (Wildman–Crippen MR) is 85.5 cm³/mol. The minimum Gasteiger partial charge on any atom is -0.389 e. The summed E-state index contributed by atoms with van der Waals surface area (Å²) in [6, 6.07) is 4.94. The number of halogens is 2. The summed E-state index contributed by atoms with van der Waals surface area (Å²) >= 11 is 5.65. The summed E-state index contributed by atoms with van der Waals surface area (Å²) in [5.41, 5.74) is 1.93. The van der Waals surface area contributed by atoms with E-state index in [0.29, 0.717) is 5.92 Å². The first-order valence-corrected chi connectivity index (χ1v) is 7.39. The van der Waals surface area contributed by atoms with Crippen LogP contribution in [-0.4, -0.2) is 6.54 Å². The smallest absolute Gasteiger partial charge is 0.142 e. The average molecular weight is 296 g/mol. The fourth-order valence-electron chi connectivity index (χ4n) is 1.89. The summed E-state index contributed by atoms with van der Waals surface area (Å²) in [6.07, 6.45) is 5.78. The Labute approximate surface area is 126 Å². The Morgan fingerprint density at radius 3 is 2.90 bits per heavy atom. The fourth-order valence-corrected chi connectivity index (χ4v) is 2.00. The van der Waals surface area contributed by atoms with E-state index in [1.807, 2.05) is 12.1 Å². The van der Waals surface area contributed by atoms with E-state index in [4.69, 9.17) is 11.6 Å². The molecule has 0 bridgehead atoms. The summed E-state index contributed by atoms with van der Waals surface area (Å²) in [5, 5.41) is 3.48. The van der Waals surface area contributed by atoms with Crippen LogP contribution in [0.2, 0.25) is 5.02 Å². The van der Waals surface area contributed by atoms with Gasteiger partial charge in [-0.15, -0.1) is 6.58 Å². The molecule has 0 radical (unpaired) electrons. The fraction of sp³-hybridized carbons (Fsp3) is 0.412. The van der Waals surface area contributed by atoms with Crippen LogP contribution in [-0.2, 0) is 6.42 Å². The minimum atomic E-state index is -0.360. The lowest BCUT2D eigenvalue weighted by atomic mass is 10.1. The van der Waals surface area contributed by atoms with E-state index in [1.54, 1.807) is 6.07 Å². The highest BCUT2D eigenvalue weighted by molar-refractivity contribution is 6.30. The van der Waals surface area contributed by atoms with Crippen molar-refractivity contribution in [3.05, 3.63) is 59.5 Å². The van der Waals surface area contributed by atoms with E-state index in [-0.39, 0.29) is 10.8 Å². The molecular weight excluding hydrogens is 273 g/mol. The van der Waals surface area contributed by atoms with Crippen molar-refractivity contribution in [3.8, 4) is 0 Å². The molecule has 0 saturated heterocycles. The molecule has 1 aromatic rings. The van der Waals surface area contributed by atoms with Gasteiger partial charge in [0.2, 0.25) is 0 Å². The molecule has 110 valence electrons. The van der Waals surface area contributed by atoms with E-state index in [1.165, 1.54) is 6.07 Å². The van der Waals surface area contributed by atoms with Crippen LogP contribution in [0, 0.1) is 11.7 Å².